The Bertz CT molecular complexity index is 484. The number of benzene rings is 1. The van der Waals surface area contributed by atoms with Crippen LogP contribution in [0, 0.1) is 15.9 Å². The van der Waals surface area contributed by atoms with Crippen LogP contribution in [0.2, 0.25) is 0 Å². The topological polar surface area (TPSA) is 55.2 Å². The summed E-state index contributed by atoms with van der Waals surface area (Å²) in [7, 11) is 0. The molecule has 6 heteroatoms. The minimum absolute atomic E-state index is 0.342. The van der Waals surface area contributed by atoms with Crippen LogP contribution in [0.1, 0.15) is 31.2 Å². The second-order valence-corrected chi connectivity index (χ2v) is 6.13. The fourth-order valence-corrected chi connectivity index (χ4v) is 3.66. The number of nitrogens with one attached hydrogen (secondary N) is 1. The third-order valence-corrected chi connectivity index (χ3v) is 4.98. The minimum Gasteiger partial charge on any atom is -0.309 e. The first-order chi connectivity index (χ1) is 9.63. The van der Waals surface area contributed by atoms with E-state index < -0.39 is 16.4 Å². The SMILES string of the molecule is CSC1CCCCC1NCc1cccc([N+](=O)[O-])c1F. The molecule has 1 fully saturated rings. The van der Waals surface area contributed by atoms with Crippen molar-refractivity contribution in [1.82, 2.24) is 5.32 Å². The summed E-state index contributed by atoms with van der Waals surface area (Å²) in [6.07, 6.45) is 6.79. The van der Waals surface area contributed by atoms with Gasteiger partial charge in [0.05, 0.1) is 4.92 Å². The van der Waals surface area contributed by atoms with E-state index in [0.29, 0.717) is 23.4 Å². The summed E-state index contributed by atoms with van der Waals surface area (Å²) in [5.74, 6) is -0.721. The smallest absolute Gasteiger partial charge is 0.305 e. The normalized spacial score (nSPS) is 22.7. The van der Waals surface area contributed by atoms with Crippen molar-refractivity contribution in [2.75, 3.05) is 6.26 Å². The van der Waals surface area contributed by atoms with E-state index in [9.17, 15) is 14.5 Å². The summed E-state index contributed by atoms with van der Waals surface area (Å²) in [5, 5.41) is 14.6. The fourth-order valence-electron chi connectivity index (χ4n) is 2.70. The molecule has 1 aliphatic carbocycles. The van der Waals surface area contributed by atoms with Gasteiger partial charge < -0.3 is 5.32 Å². The first kappa shape index (κ1) is 15.3. The van der Waals surface area contributed by atoms with E-state index in [1.165, 1.54) is 31.4 Å². The van der Waals surface area contributed by atoms with E-state index in [2.05, 4.69) is 11.6 Å². The molecule has 4 nitrogen and oxygen atoms in total. The predicted octanol–water partition coefficient (Wildman–Crippen LogP) is 3.50. The van der Waals surface area contributed by atoms with Crippen LogP contribution in [0.25, 0.3) is 0 Å². The van der Waals surface area contributed by atoms with Gasteiger partial charge in [-0.2, -0.15) is 16.2 Å². The van der Waals surface area contributed by atoms with Gasteiger partial charge in [-0.15, -0.1) is 0 Å². The maximum atomic E-state index is 14.0. The molecule has 0 radical (unpaired) electrons. The van der Waals surface area contributed by atoms with Crippen LogP contribution in [0.3, 0.4) is 0 Å². The van der Waals surface area contributed by atoms with E-state index in [4.69, 9.17) is 0 Å². The van der Waals surface area contributed by atoms with Crippen LogP contribution >= 0.6 is 11.8 Å². The number of nitro groups is 1. The number of hydrogen-bond acceptors (Lipinski definition) is 4. The molecule has 1 aliphatic rings. The van der Waals surface area contributed by atoms with Crippen molar-refractivity contribution < 1.29 is 9.31 Å². The van der Waals surface area contributed by atoms with Crippen molar-refractivity contribution in [1.29, 1.82) is 0 Å². The molecule has 1 saturated carbocycles. The second-order valence-electron chi connectivity index (χ2n) is 5.05. The molecular formula is C14H19FN2O2S. The number of halogens is 1. The molecule has 1 aromatic rings. The van der Waals surface area contributed by atoms with E-state index in [1.54, 1.807) is 6.07 Å². The molecule has 2 rings (SSSR count). The number of thioether (sulfide) groups is 1. The molecule has 0 bridgehead atoms. The van der Waals surface area contributed by atoms with Crippen molar-refractivity contribution in [3.63, 3.8) is 0 Å². The molecule has 0 amide bonds. The molecule has 0 aliphatic heterocycles. The Morgan fingerprint density at radius 3 is 2.90 bits per heavy atom. The maximum Gasteiger partial charge on any atom is 0.305 e. The lowest BCUT2D eigenvalue weighted by molar-refractivity contribution is -0.387. The molecule has 2 unspecified atom stereocenters. The zero-order chi connectivity index (χ0) is 14.5. The largest absolute Gasteiger partial charge is 0.309 e. The molecule has 1 N–H and O–H groups in total. The van der Waals surface area contributed by atoms with Crippen molar-refractivity contribution >= 4 is 17.4 Å². The number of rotatable bonds is 5. The highest BCUT2D eigenvalue weighted by Gasteiger charge is 2.24. The van der Waals surface area contributed by atoms with Gasteiger partial charge in [-0.1, -0.05) is 25.0 Å². The predicted molar refractivity (Wildman–Crippen MR) is 79.5 cm³/mol. The average Bonchev–Trinajstić information content (AvgIpc) is 2.46. The van der Waals surface area contributed by atoms with Gasteiger partial charge in [0, 0.05) is 29.5 Å². The van der Waals surface area contributed by atoms with Crippen LogP contribution in [0.5, 0.6) is 0 Å². The van der Waals surface area contributed by atoms with Gasteiger partial charge in [-0.3, -0.25) is 10.1 Å². The average molecular weight is 298 g/mol. The van der Waals surface area contributed by atoms with Crippen LogP contribution in [0.4, 0.5) is 10.1 Å². The Labute approximate surface area is 122 Å². The van der Waals surface area contributed by atoms with Gasteiger partial charge in [0.15, 0.2) is 0 Å². The standard InChI is InChI=1S/C14H19FN2O2S/c1-20-13-8-3-2-6-11(13)16-9-10-5-4-7-12(14(10)15)17(18)19/h4-5,7,11,13,16H,2-3,6,8-9H2,1H3. The van der Waals surface area contributed by atoms with Crippen LogP contribution in [-0.2, 0) is 6.54 Å². The van der Waals surface area contributed by atoms with E-state index in [1.807, 2.05) is 11.8 Å². The Morgan fingerprint density at radius 2 is 2.20 bits per heavy atom. The third-order valence-electron chi connectivity index (χ3n) is 3.82. The second kappa shape index (κ2) is 7.04. The highest BCUT2D eigenvalue weighted by Crippen LogP contribution is 2.28. The summed E-state index contributed by atoms with van der Waals surface area (Å²) in [4.78, 5) is 10.0. The van der Waals surface area contributed by atoms with Crippen LogP contribution in [-0.4, -0.2) is 22.5 Å². The monoisotopic (exact) mass is 298 g/mol. The van der Waals surface area contributed by atoms with Gasteiger partial charge in [0.1, 0.15) is 0 Å². The Morgan fingerprint density at radius 1 is 1.45 bits per heavy atom. The summed E-state index contributed by atoms with van der Waals surface area (Å²) in [5.41, 5.74) is -0.0843. The molecular weight excluding hydrogens is 279 g/mol. The Hall–Kier alpha value is -1.14. The highest BCUT2D eigenvalue weighted by molar-refractivity contribution is 7.99. The lowest BCUT2D eigenvalue weighted by atomic mass is 9.94. The lowest BCUT2D eigenvalue weighted by Crippen LogP contribution is -2.40. The van der Waals surface area contributed by atoms with Crippen molar-refractivity contribution in [3.8, 4) is 0 Å². The van der Waals surface area contributed by atoms with Crippen LogP contribution < -0.4 is 5.32 Å². The zero-order valence-electron chi connectivity index (χ0n) is 11.5. The molecule has 2 atom stereocenters. The summed E-state index contributed by atoms with van der Waals surface area (Å²) in [6.45, 7) is 0.342. The van der Waals surface area contributed by atoms with Gasteiger partial charge in [0.25, 0.3) is 0 Å². The van der Waals surface area contributed by atoms with Gasteiger partial charge >= 0.3 is 5.69 Å². The quantitative estimate of drug-likeness (QED) is 0.668. The Balaban J connectivity index is 2.03. The van der Waals surface area contributed by atoms with Crippen molar-refractivity contribution in [3.05, 3.63) is 39.7 Å². The first-order valence-corrected chi connectivity index (χ1v) is 8.10. The summed E-state index contributed by atoms with van der Waals surface area (Å²) in [6, 6.07) is 4.69. The van der Waals surface area contributed by atoms with Crippen LogP contribution in [0.15, 0.2) is 18.2 Å². The number of hydrogen-bond donors (Lipinski definition) is 1. The maximum absolute atomic E-state index is 14.0. The summed E-state index contributed by atoms with van der Waals surface area (Å²) >= 11 is 1.84. The molecule has 0 heterocycles. The molecule has 110 valence electrons. The minimum atomic E-state index is -0.721. The fraction of sp³-hybridized carbons (Fsp3) is 0.571. The third kappa shape index (κ3) is 3.49. The van der Waals surface area contributed by atoms with E-state index in [-0.39, 0.29) is 0 Å². The van der Waals surface area contributed by atoms with E-state index in [0.717, 1.165) is 6.42 Å². The number of nitrogens with zero attached hydrogens (tertiary/aromatic N) is 1. The van der Waals surface area contributed by atoms with Crippen molar-refractivity contribution in [2.24, 2.45) is 0 Å². The van der Waals surface area contributed by atoms with Crippen molar-refractivity contribution in [2.45, 2.75) is 43.5 Å². The van der Waals surface area contributed by atoms with E-state index >= 15 is 0 Å². The van der Waals surface area contributed by atoms with Gasteiger partial charge in [-0.25, -0.2) is 0 Å². The molecule has 20 heavy (non-hydrogen) atoms. The highest BCUT2D eigenvalue weighted by atomic mass is 32.2. The molecule has 0 saturated heterocycles. The molecule has 0 spiro atoms. The molecule has 1 aromatic carbocycles. The summed E-state index contributed by atoms with van der Waals surface area (Å²) < 4.78 is 14.0. The van der Waals surface area contributed by atoms with Gasteiger partial charge in [-0.05, 0) is 19.1 Å². The Kier molecular flexibility index (Phi) is 5.37. The number of nitro benzene ring substituents is 1. The van der Waals surface area contributed by atoms with Gasteiger partial charge in [0.2, 0.25) is 5.82 Å². The lowest BCUT2D eigenvalue weighted by Gasteiger charge is -2.31. The first-order valence-electron chi connectivity index (χ1n) is 6.81. The zero-order valence-corrected chi connectivity index (χ0v) is 12.3. The molecule has 0 aromatic heterocycles.